The molecular formula is C26H28N4O7S2. The first kappa shape index (κ1) is 28.1. The number of ether oxygens (including phenoxy) is 2. The molecular weight excluding hydrogens is 544 g/mol. The Bertz CT molecular complexity index is 1420. The van der Waals surface area contributed by atoms with Crippen molar-refractivity contribution in [1.29, 1.82) is 0 Å². The number of nitrogens with zero attached hydrogens (tertiary/aromatic N) is 1. The Kier molecular flexibility index (Phi) is 9.17. The fourth-order valence-electron chi connectivity index (χ4n) is 3.98. The first-order valence-electron chi connectivity index (χ1n) is 12.0. The lowest BCUT2D eigenvalue weighted by molar-refractivity contribution is -0.123. The van der Waals surface area contributed by atoms with Gasteiger partial charge in [0.2, 0.25) is 5.91 Å². The topological polar surface area (TPSA) is 156 Å². The van der Waals surface area contributed by atoms with E-state index in [1.54, 1.807) is 12.1 Å². The van der Waals surface area contributed by atoms with Gasteiger partial charge in [0.25, 0.3) is 0 Å². The number of aromatic nitrogens is 1. The van der Waals surface area contributed by atoms with Crippen molar-refractivity contribution >= 4 is 45.1 Å². The van der Waals surface area contributed by atoms with Crippen molar-refractivity contribution < 1.29 is 32.0 Å². The number of amides is 2. The number of thiazole rings is 1. The number of nitrogens with one attached hydrogen (secondary N) is 3. The van der Waals surface area contributed by atoms with Gasteiger partial charge in [0.15, 0.2) is 10.8 Å². The van der Waals surface area contributed by atoms with E-state index in [4.69, 9.17) is 19.0 Å². The van der Waals surface area contributed by atoms with Crippen LogP contribution in [0, 0.1) is 0 Å². The average Bonchev–Trinajstić information content (AvgIpc) is 3.61. The number of hydrogen-bond donors (Lipinski definition) is 4. The Morgan fingerprint density at radius 1 is 1.08 bits per heavy atom. The summed E-state index contributed by atoms with van der Waals surface area (Å²) in [7, 11) is -3.17. The molecule has 0 bridgehead atoms. The summed E-state index contributed by atoms with van der Waals surface area (Å²) in [6.45, 7) is 0.592. The summed E-state index contributed by atoms with van der Waals surface area (Å²) in [4.78, 5) is 30.2. The minimum absolute atomic E-state index is 0.188. The third kappa shape index (κ3) is 8.27. The van der Waals surface area contributed by atoms with Crippen LogP contribution < -0.4 is 15.4 Å². The average molecular weight is 573 g/mol. The van der Waals surface area contributed by atoms with E-state index in [1.165, 1.54) is 30.6 Å². The normalized spacial score (nSPS) is 14.5. The Balaban J connectivity index is 1.58. The van der Waals surface area contributed by atoms with Crippen LogP contribution in [0.2, 0.25) is 0 Å². The summed E-state index contributed by atoms with van der Waals surface area (Å²) in [5.74, 6) is 0.274. The molecule has 206 valence electrons. The highest BCUT2D eigenvalue weighted by Gasteiger charge is 2.27. The van der Waals surface area contributed by atoms with Crippen molar-refractivity contribution in [2.45, 2.75) is 31.3 Å². The van der Waals surface area contributed by atoms with Crippen LogP contribution in [0.4, 0.5) is 10.5 Å². The van der Waals surface area contributed by atoms with E-state index in [2.05, 4.69) is 10.6 Å². The number of alkyl carbamates (subject to hydrolysis) is 1. The smallest absolute Gasteiger partial charge is 0.407 e. The van der Waals surface area contributed by atoms with Gasteiger partial charge in [-0.1, -0.05) is 42.5 Å². The van der Waals surface area contributed by atoms with Gasteiger partial charge in [-0.15, -0.1) is 11.3 Å². The van der Waals surface area contributed by atoms with E-state index in [0.717, 1.165) is 17.5 Å². The molecule has 13 heteroatoms. The van der Waals surface area contributed by atoms with Crippen molar-refractivity contribution in [3.05, 3.63) is 87.9 Å². The molecule has 2 heterocycles. The summed E-state index contributed by atoms with van der Waals surface area (Å²) in [5, 5.41) is 8.16. The van der Waals surface area contributed by atoms with Gasteiger partial charge in [-0.3, -0.25) is 14.1 Å². The second kappa shape index (κ2) is 12.7. The number of hydrogen-bond acceptors (Lipinski definition) is 8. The molecule has 2 aromatic carbocycles. The molecule has 2 amide bonds. The largest absolute Gasteiger partial charge is 0.490 e. The van der Waals surface area contributed by atoms with Crippen LogP contribution in [0.1, 0.15) is 34.3 Å². The molecule has 0 saturated heterocycles. The molecule has 11 nitrogen and oxygen atoms in total. The first-order chi connectivity index (χ1) is 18.7. The molecule has 0 saturated carbocycles. The lowest BCUT2D eigenvalue weighted by Crippen LogP contribution is -2.49. The molecule has 0 spiro atoms. The van der Waals surface area contributed by atoms with Gasteiger partial charge in [-0.25, -0.2) is 9.78 Å². The zero-order valence-corrected chi connectivity index (χ0v) is 22.6. The first-order valence-corrected chi connectivity index (χ1v) is 14.3. The molecule has 0 fully saturated rings. The van der Waals surface area contributed by atoms with Gasteiger partial charge in [0.05, 0.1) is 31.1 Å². The van der Waals surface area contributed by atoms with Crippen LogP contribution in [0.15, 0.2) is 66.1 Å². The predicted octanol–water partition coefficient (Wildman–Crippen LogP) is 3.49. The molecule has 39 heavy (non-hydrogen) atoms. The number of carbonyl (C=O) groups excluding carboxylic acids is 2. The maximum Gasteiger partial charge on any atom is 0.407 e. The molecule has 3 aromatic rings. The van der Waals surface area contributed by atoms with E-state index < -0.39 is 34.4 Å². The van der Waals surface area contributed by atoms with Crippen LogP contribution >= 0.6 is 11.3 Å². The van der Waals surface area contributed by atoms with Gasteiger partial charge in [-0.05, 0) is 35.8 Å². The van der Waals surface area contributed by atoms with E-state index in [1.807, 2.05) is 46.5 Å². The van der Waals surface area contributed by atoms with Gasteiger partial charge in [0.1, 0.15) is 6.04 Å². The van der Waals surface area contributed by atoms with E-state index in [9.17, 15) is 18.0 Å². The van der Waals surface area contributed by atoms with Crippen molar-refractivity contribution in [3.63, 3.8) is 0 Å². The van der Waals surface area contributed by atoms with Crippen LogP contribution in [0.25, 0.3) is 5.76 Å². The second-order valence-electron chi connectivity index (χ2n) is 8.70. The summed E-state index contributed by atoms with van der Waals surface area (Å²) < 4.78 is 43.6. The van der Waals surface area contributed by atoms with E-state index in [0.29, 0.717) is 29.5 Å². The minimum Gasteiger partial charge on any atom is -0.490 e. The molecule has 0 aliphatic carbocycles. The van der Waals surface area contributed by atoms with Crippen LogP contribution in [-0.4, -0.2) is 49.7 Å². The van der Waals surface area contributed by atoms with Crippen LogP contribution in [-0.2, 0) is 37.4 Å². The monoisotopic (exact) mass is 572 g/mol. The Morgan fingerprint density at radius 3 is 2.44 bits per heavy atom. The Labute approximate surface area is 230 Å². The number of anilines is 1. The number of methoxy groups -OCH3 is 1. The van der Waals surface area contributed by atoms with Gasteiger partial charge in [0, 0.05) is 18.2 Å². The molecule has 0 radical (unpaired) electrons. The number of benzene rings is 2. The van der Waals surface area contributed by atoms with Crippen molar-refractivity contribution in [1.82, 2.24) is 15.6 Å². The Morgan fingerprint density at radius 2 is 1.79 bits per heavy atom. The third-order valence-electron chi connectivity index (χ3n) is 5.83. The maximum atomic E-state index is 13.5. The predicted molar refractivity (Wildman–Crippen MR) is 146 cm³/mol. The zero-order chi connectivity index (χ0) is 27.8. The standard InChI is InChI=1S/C26H28N4O7S2/c1-36-26(32)29-21(15-17-6-3-2-4-7-17)24(31)27-20(22-16-38-25(28-22)23-8-5-13-37-23)14-18-9-11-19(12-10-18)30-39(33,34)35/h2-4,6-12,16,20-21,30H,5,13-15H2,1H3,(H,27,31)(H,29,32)(H,33,34,35)/t20-,21-/m0/s1. The van der Waals surface area contributed by atoms with Crippen LogP contribution in [0.3, 0.4) is 0 Å². The van der Waals surface area contributed by atoms with Crippen molar-refractivity contribution in [2.24, 2.45) is 0 Å². The van der Waals surface area contributed by atoms with E-state index in [-0.39, 0.29) is 12.1 Å². The fraction of sp³-hybridized carbons (Fsp3) is 0.269. The SMILES string of the molecule is COC(=O)N[C@@H](Cc1ccccc1)C(=O)N[C@@H](Cc1ccc(NS(=O)(=O)O)cc1)c1csc(C2=CCCO2)n1. The molecule has 2 atom stereocenters. The van der Waals surface area contributed by atoms with Gasteiger partial charge >= 0.3 is 16.4 Å². The highest BCUT2D eigenvalue weighted by Crippen LogP contribution is 2.28. The maximum absolute atomic E-state index is 13.5. The number of rotatable bonds is 11. The van der Waals surface area contributed by atoms with Gasteiger partial charge in [-0.2, -0.15) is 8.42 Å². The highest BCUT2D eigenvalue weighted by molar-refractivity contribution is 7.87. The molecule has 1 aliphatic rings. The summed E-state index contributed by atoms with van der Waals surface area (Å²) in [6, 6.07) is 14.2. The third-order valence-corrected chi connectivity index (χ3v) is 7.20. The molecule has 4 rings (SSSR count). The quantitative estimate of drug-likeness (QED) is 0.255. The molecule has 4 N–H and O–H groups in total. The molecule has 0 unspecified atom stereocenters. The zero-order valence-electron chi connectivity index (χ0n) is 21.0. The van der Waals surface area contributed by atoms with Crippen molar-refractivity contribution in [2.75, 3.05) is 18.4 Å². The van der Waals surface area contributed by atoms with Crippen molar-refractivity contribution in [3.8, 4) is 0 Å². The lowest BCUT2D eigenvalue weighted by atomic mass is 10.0. The fourth-order valence-corrected chi connectivity index (χ4v) is 5.28. The minimum atomic E-state index is -4.40. The Hall–Kier alpha value is -3.94. The lowest BCUT2D eigenvalue weighted by Gasteiger charge is -2.23. The highest BCUT2D eigenvalue weighted by atomic mass is 32.2. The van der Waals surface area contributed by atoms with E-state index >= 15 is 0 Å². The second-order valence-corrected chi connectivity index (χ2v) is 10.7. The number of carbonyl (C=O) groups is 2. The van der Waals surface area contributed by atoms with Gasteiger partial charge < -0.3 is 20.1 Å². The summed E-state index contributed by atoms with van der Waals surface area (Å²) >= 11 is 1.40. The molecule has 1 aromatic heterocycles. The summed E-state index contributed by atoms with van der Waals surface area (Å²) in [6.07, 6.45) is 2.60. The molecule has 1 aliphatic heterocycles. The summed E-state index contributed by atoms with van der Waals surface area (Å²) in [5.41, 5.74) is 2.42. The van der Waals surface area contributed by atoms with Crippen LogP contribution in [0.5, 0.6) is 0 Å².